The lowest BCUT2D eigenvalue weighted by Gasteiger charge is -2.22. The number of benzene rings is 2. The molecule has 26 heavy (non-hydrogen) atoms. The molecule has 0 saturated heterocycles. The van der Waals surface area contributed by atoms with E-state index in [0.717, 1.165) is 11.8 Å². The van der Waals surface area contributed by atoms with E-state index in [1.165, 1.54) is 53.5 Å². The van der Waals surface area contributed by atoms with Crippen LogP contribution in [0.5, 0.6) is 0 Å². The van der Waals surface area contributed by atoms with E-state index in [1.54, 1.807) is 0 Å². The van der Waals surface area contributed by atoms with Gasteiger partial charge >= 0.3 is 0 Å². The first kappa shape index (κ1) is 24.4. The van der Waals surface area contributed by atoms with E-state index >= 15 is 0 Å². The van der Waals surface area contributed by atoms with Crippen molar-refractivity contribution in [3.63, 3.8) is 0 Å². The van der Waals surface area contributed by atoms with Crippen molar-refractivity contribution in [2.24, 2.45) is 11.8 Å². The maximum Gasteiger partial charge on any atom is -0.0395 e. The Morgan fingerprint density at radius 1 is 0.538 bits per heavy atom. The first-order valence-corrected chi connectivity index (χ1v) is 9.85. The molecule has 1 saturated carbocycles. The van der Waals surface area contributed by atoms with Crippen LogP contribution >= 0.6 is 0 Å². The standard InChI is InChI=1S/C9H12.C8H16.C8H10.CH4/c1-7-4-5-8(2)9(3)6-7;2*1-7-3-5-8(2)6-4-7;/h4-6H,1-3H3;7-8H,3-6H2,1-2H3;3-6H,1-2H3;1H4. The highest BCUT2D eigenvalue weighted by molar-refractivity contribution is 5.28. The van der Waals surface area contributed by atoms with E-state index in [0.29, 0.717) is 0 Å². The Kier molecular flexibility index (Phi) is 12.0. The number of hydrogen-bond acceptors (Lipinski definition) is 0. The zero-order chi connectivity index (χ0) is 18.8. The Balaban J connectivity index is 0.000000355. The molecule has 0 radical (unpaired) electrons. The van der Waals surface area contributed by atoms with Gasteiger partial charge in [-0.1, -0.05) is 106 Å². The normalized spacial score (nSPS) is 18.4. The van der Waals surface area contributed by atoms with Crippen LogP contribution in [-0.4, -0.2) is 0 Å². The average molecular weight is 355 g/mol. The number of rotatable bonds is 0. The third-order valence-corrected chi connectivity index (χ3v) is 5.19. The first-order valence-electron chi connectivity index (χ1n) is 9.85. The Morgan fingerprint density at radius 2 is 0.885 bits per heavy atom. The Hall–Kier alpha value is -1.56. The number of aryl methyl sites for hydroxylation is 5. The van der Waals surface area contributed by atoms with Crippen LogP contribution in [0.15, 0.2) is 42.5 Å². The summed E-state index contributed by atoms with van der Waals surface area (Å²) >= 11 is 0. The summed E-state index contributed by atoms with van der Waals surface area (Å²) in [6.07, 6.45) is 5.89. The molecular weight excluding hydrogens is 312 g/mol. The molecule has 0 spiro atoms. The molecule has 3 rings (SSSR count). The fourth-order valence-electron chi connectivity index (χ4n) is 2.95. The number of hydrogen-bond donors (Lipinski definition) is 0. The third-order valence-electron chi connectivity index (χ3n) is 5.19. The summed E-state index contributed by atoms with van der Waals surface area (Å²) in [6.45, 7) is 15.3. The average Bonchev–Trinajstić information content (AvgIpc) is 2.58. The highest BCUT2D eigenvalue weighted by Crippen LogP contribution is 2.27. The minimum absolute atomic E-state index is 0. The van der Waals surface area contributed by atoms with Gasteiger partial charge in [0.25, 0.3) is 0 Å². The lowest BCUT2D eigenvalue weighted by molar-refractivity contribution is 0.308. The Morgan fingerprint density at radius 3 is 1.19 bits per heavy atom. The van der Waals surface area contributed by atoms with Gasteiger partial charge in [0.05, 0.1) is 0 Å². The van der Waals surface area contributed by atoms with Gasteiger partial charge in [0, 0.05) is 0 Å². The third kappa shape index (κ3) is 10.4. The molecule has 1 aliphatic carbocycles. The second-order valence-electron chi connectivity index (χ2n) is 8.11. The first-order chi connectivity index (χ1) is 11.8. The van der Waals surface area contributed by atoms with Gasteiger partial charge in [-0.05, 0) is 57.6 Å². The summed E-state index contributed by atoms with van der Waals surface area (Å²) in [7, 11) is 0. The highest BCUT2D eigenvalue weighted by atomic mass is 14.2. The van der Waals surface area contributed by atoms with Crippen molar-refractivity contribution in [3.8, 4) is 0 Å². The van der Waals surface area contributed by atoms with E-state index in [4.69, 9.17) is 0 Å². The van der Waals surface area contributed by atoms with Crippen molar-refractivity contribution in [1.82, 2.24) is 0 Å². The molecule has 0 aliphatic heterocycles. The minimum Gasteiger partial charge on any atom is -0.0776 e. The van der Waals surface area contributed by atoms with Gasteiger partial charge in [0.2, 0.25) is 0 Å². The fourth-order valence-corrected chi connectivity index (χ4v) is 2.95. The van der Waals surface area contributed by atoms with E-state index in [-0.39, 0.29) is 7.43 Å². The SMILES string of the molecule is C.CC1CCC(C)CC1.Cc1ccc(C)c(C)c1.Cc1ccc(C)cc1. The van der Waals surface area contributed by atoms with Crippen molar-refractivity contribution in [2.75, 3.05) is 0 Å². The molecule has 0 atom stereocenters. The maximum absolute atomic E-state index is 2.37. The van der Waals surface area contributed by atoms with Crippen molar-refractivity contribution >= 4 is 0 Å². The topological polar surface area (TPSA) is 0 Å². The minimum atomic E-state index is 0. The molecule has 0 unspecified atom stereocenters. The van der Waals surface area contributed by atoms with Crippen molar-refractivity contribution < 1.29 is 0 Å². The summed E-state index contributed by atoms with van der Waals surface area (Å²) in [6, 6.07) is 15.0. The largest absolute Gasteiger partial charge is 0.0776 e. The summed E-state index contributed by atoms with van der Waals surface area (Å²) in [5.41, 5.74) is 6.76. The van der Waals surface area contributed by atoms with Crippen LogP contribution in [0.25, 0.3) is 0 Å². The quantitative estimate of drug-likeness (QED) is 0.445. The van der Waals surface area contributed by atoms with Crippen LogP contribution in [0.1, 0.15) is 74.8 Å². The molecular formula is C26H42. The molecule has 2 aromatic rings. The van der Waals surface area contributed by atoms with Gasteiger partial charge in [-0.25, -0.2) is 0 Å². The zero-order valence-corrected chi connectivity index (χ0v) is 17.5. The molecule has 0 aromatic heterocycles. The zero-order valence-electron chi connectivity index (χ0n) is 17.5. The van der Waals surface area contributed by atoms with Crippen LogP contribution in [0.3, 0.4) is 0 Å². The van der Waals surface area contributed by atoms with Crippen LogP contribution in [0, 0.1) is 46.5 Å². The molecule has 146 valence electrons. The molecule has 0 heteroatoms. The molecule has 0 heterocycles. The molecule has 0 amide bonds. The van der Waals surface area contributed by atoms with Crippen LogP contribution in [-0.2, 0) is 0 Å². The molecule has 0 bridgehead atoms. The lowest BCUT2D eigenvalue weighted by Crippen LogP contribution is -2.08. The van der Waals surface area contributed by atoms with Crippen LogP contribution in [0.2, 0.25) is 0 Å². The van der Waals surface area contributed by atoms with Gasteiger partial charge < -0.3 is 0 Å². The van der Waals surface area contributed by atoms with E-state index < -0.39 is 0 Å². The lowest BCUT2D eigenvalue weighted by atomic mass is 9.84. The van der Waals surface area contributed by atoms with Crippen molar-refractivity contribution in [3.05, 3.63) is 70.3 Å². The van der Waals surface area contributed by atoms with Gasteiger partial charge in [0.1, 0.15) is 0 Å². The second-order valence-corrected chi connectivity index (χ2v) is 8.11. The van der Waals surface area contributed by atoms with E-state index in [9.17, 15) is 0 Å². The van der Waals surface area contributed by atoms with Crippen molar-refractivity contribution in [1.29, 1.82) is 0 Å². The molecule has 0 nitrogen and oxygen atoms in total. The van der Waals surface area contributed by atoms with Gasteiger partial charge in [-0.15, -0.1) is 0 Å². The Labute approximate surface area is 164 Å². The van der Waals surface area contributed by atoms with Gasteiger partial charge in [0.15, 0.2) is 0 Å². The summed E-state index contributed by atoms with van der Waals surface area (Å²) in [5.74, 6) is 2.04. The summed E-state index contributed by atoms with van der Waals surface area (Å²) < 4.78 is 0. The molecule has 2 aromatic carbocycles. The summed E-state index contributed by atoms with van der Waals surface area (Å²) in [4.78, 5) is 0. The maximum atomic E-state index is 2.37. The highest BCUT2D eigenvalue weighted by Gasteiger charge is 2.13. The molecule has 1 aliphatic rings. The Bertz CT molecular complexity index is 567. The van der Waals surface area contributed by atoms with Crippen LogP contribution in [0.4, 0.5) is 0 Å². The van der Waals surface area contributed by atoms with Gasteiger partial charge in [-0.2, -0.15) is 0 Å². The second kappa shape index (κ2) is 12.7. The predicted octanol–water partition coefficient (Wildman–Crippen LogP) is 8.38. The smallest absolute Gasteiger partial charge is 0.0395 e. The fraction of sp³-hybridized carbons (Fsp3) is 0.538. The van der Waals surface area contributed by atoms with Gasteiger partial charge in [-0.3, -0.25) is 0 Å². The van der Waals surface area contributed by atoms with E-state index in [2.05, 4.69) is 90.9 Å². The summed E-state index contributed by atoms with van der Waals surface area (Å²) in [5, 5.41) is 0. The van der Waals surface area contributed by atoms with E-state index in [1.807, 2.05) is 0 Å². The monoisotopic (exact) mass is 354 g/mol. The molecule has 0 N–H and O–H groups in total. The predicted molar refractivity (Wildman–Crippen MR) is 120 cm³/mol. The molecule has 1 fully saturated rings. The van der Waals surface area contributed by atoms with Crippen LogP contribution < -0.4 is 0 Å². The van der Waals surface area contributed by atoms with Crippen molar-refractivity contribution in [2.45, 2.75) is 81.6 Å².